The summed E-state index contributed by atoms with van der Waals surface area (Å²) in [5, 5.41) is -0.277. The van der Waals surface area contributed by atoms with Crippen LogP contribution in [-0.2, 0) is 11.4 Å². The number of rotatable bonds is 9. The molecule has 3 aromatic rings. The van der Waals surface area contributed by atoms with Crippen molar-refractivity contribution in [2.24, 2.45) is 0 Å². The molecule has 5 nitrogen and oxygen atoms in total. The van der Waals surface area contributed by atoms with E-state index in [0.717, 1.165) is 52.7 Å². The van der Waals surface area contributed by atoms with Gasteiger partial charge in [-0.05, 0) is 116 Å². The van der Waals surface area contributed by atoms with Crippen LogP contribution in [0.4, 0.5) is 4.79 Å². The Balaban J connectivity index is 1.41. The number of carbonyl (C=O) groups is 2. The molecule has 2 amide bonds. The number of halogens is 2. The zero-order valence-electron chi connectivity index (χ0n) is 20.8. The van der Waals surface area contributed by atoms with E-state index in [2.05, 4.69) is 71.2 Å². The molecule has 1 aliphatic heterocycles. The molecule has 0 unspecified atom stereocenters. The second-order valence-corrected chi connectivity index (χ2v) is 12.3. The Hall–Kier alpha value is -2.05. The van der Waals surface area contributed by atoms with Gasteiger partial charge in [-0.1, -0.05) is 56.3 Å². The minimum Gasteiger partial charge on any atom is -0.491 e. The van der Waals surface area contributed by atoms with E-state index in [1.165, 1.54) is 4.90 Å². The van der Waals surface area contributed by atoms with Crippen LogP contribution in [0.1, 0.15) is 42.0 Å². The summed E-state index contributed by atoms with van der Waals surface area (Å²) in [5.41, 5.74) is 4.16. The number of carbonyl (C=O) groups excluding carboxylic acids is 2. The van der Waals surface area contributed by atoms with Crippen molar-refractivity contribution in [3.63, 3.8) is 0 Å². The number of nitrogens with zero attached hydrogens (tertiary/aromatic N) is 1. The molecule has 4 rings (SSSR count). The maximum atomic E-state index is 13.0. The number of hydrogen-bond acceptors (Lipinski definition) is 5. The monoisotopic (exact) mass is 739 g/mol. The van der Waals surface area contributed by atoms with E-state index >= 15 is 0 Å². The fourth-order valence-corrected chi connectivity index (χ4v) is 6.86. The van der Waals surface area contributed by atoms with Gasteiger partial charge in [0.1, 0.15) is 24.7 Å². The van der Waals surface area contributed by atoms with Crippen molar-refractivity contribution in [3.8, 4) is 11.5 Å². The number of thioether (sulfide) groups is 1. The number of aryl methyl sites for hydroxylation is 1. The first-order valence-corrected chi connectivity index (χ1v) is 14.8. The SMILES string of the molecule is Cc1ccc(C(C)C)c(OCCN2C(=O)S/C(=C\c3cc(I)c(OCc4ccccc4)c(I)c3)C2=O)c1. The highest BCUT2D eigenvalue weighted by Crippen LogP contribution is 2.35. The van der Waals surface area contributed by atoms with Crippen molar-refractivity contribution in [1.29, 1.82) is 0 Å². The van der Waals surface area contributed by atoms with Crippen LogP contribution in [-0.4, -0.2) is 29.2 Å². The standard InChI is InChI=1S/C29H27I2NO4S/c1-18(2)22-10-9-19(3)13-25(22)35-12-11-32-28(33)26(37-29(32)34)16-21-14-23(30)27(24(31)15-21)36-17-20-7-5-4-6-8-20/h4-10,13-16,18H,11-12,17H2,1-3H3/b26-16-. The van der Waals surface area contributed by atoms with E-state index in [4.69, 9.17) is 9.47 Å². The summed E-state index contributed by atoms with van der Waals surface area (Å²) < 4.78 is 13.9. The first-order valence-electron chi connectivity index (χ1n) is 11.9. The molecule has 1 saturated heterocycles. The zero-order chi connectivity index (χ0) is 26.5. The van der Waals surface area contributed by atoms with Gasteiger partial charge in [-0.3, -0.25) is 14.5 Å². The third-order valence-electron chi connectivity index (χ3n) is 5.78. The molecule has 0 saturated carbocycles. The van der Waals surface area contributed by atoms with Gasteiger partial charge >= 0.3 is 0 Å². The van der Waals surface area contributed by atoms with E-state index in [-0.39, 0.29) is 24.3 Å². The van der Waals surface area contributed by atoms with Gasteiger partial charge in [0, 0.05) is 0 Å². The summed E-state index contributed by atoms with van der Waals surface area (Å²) >= 11 is 5.45. The summed E-state index contributed by atoms with van der Waals surface area (Å²) in [6.07, 6.45) is 1.77. The van der Waals surface area contributed by atoms with Gasteiger partial charge in [0.2, 0.25) is 0 Å². The quantitative estimate of drug-likeness (QED) is 0.165. The molecule has 0 atom stereocenters. The average Bonchev–Trinajstić information content (AvgIpc) is 3.11. The average molecular weight is 739 g/mol. The topological polar surface area (TPSA) is 55.8 Å². The van der Waals surface area contributed by atoms with E-state index in [0.29, 0.717) is 17.4 Å². The van der Waals surface area contributed by atoms with E-state index < -0.39 is 0 Å². The maximum Gasteiger partial charge on any atom is 0.293 e. The van der Waals surface area contributed by atoms with Crippen LogP contribution in [0, 0.1) is 14.1 Å². The van der Waals surface area contributed by atoms with Gasteiger partial charge in [-0.2, -0.15) is 0 Å². The lowest BCUT2D eigenvalue weighted by molar-refractivity contribution is -0.123. The highest BCUT2D eigenvalue weighted by molar-refractivity contribution is 14.1. The molecular weight excluding hydrogens is 712 g/mol. The van der Waals surface area contributed by atoms with Gasteiger partial charge in [-0.25, -0.2) is 0 Å². The third kappa shape index (κ3) is 7.08. The second-order valence-electron chi connectivity index (χ2n) is 8.97. The number of imide groups is 1. The highest BCUT2D eigenvalue weighted by Gasteiger charge is 2.35. The number of benzene rings is 3. The summed E-state index contributed by atoms with van der Waals surface area (Å²) in [6.45, 7) is 7.18. The lowest BCUT2D eigenvalue weighted by Gasteiger charge is -2.17. The smallest absolute Gasteiger partial charge is 0.293 e. The predicted octanol–water partition coefficient (Wildman–Crippen LogP) is 8.02. The van der Waals surface area contributed by atoms with Crippen molar-refractivity contribution in [2.45, 2.75) is 33.3 Å². The molecule has 0 bridgehead atoms. The molecule has 1 aliphatic rings. The fourth-order valence-electron chi connectivity index (χ4n) is 3.87. The van der Waals surface area contributed by atoms with Crippen LogP contribution in [0.2, 0.25) is 0 Å². The number of hydrogen-bond donors (Lipinski definition) is 0. The van der Waals surface area contributed by atoms with Crippen molar-refractivity contribution in [1.82, 2.24) is 4.90 Å². The maximum absolute atomic E-state index is 13.0. The summed E-state index contributed by atoms with van der Waals surface area (Å²) in [5.74, 6) is 1.64. The van der Waals surface area contributed by atoms with Crippen LogP contribution < -0.4 is 9.47 Å². The molecule has 0 radical (unpaired) electrons. The molecule has 3 aromatic carbocycles. The first kappa shape index (κ1) is 28.0. The predicted molar refractivity (Wildman–Crippen MR) is 166 cm³/mol. The Labute approximate surface area is 249 Å². The zero-order valence-corrected chi connectivity index (χ0v) is 25.9. The molecule has 192 valence electrons. The molecule has 0 spiro atoms. The Morgan fingerprint density at radius 3 is 2.35 bits per heavy atom. The Morgan fingerprint density at radius 1 is 0.973 bits per heavy atom. The van der Waals surface area contributed by atoms with Gasteiger partial charge < -0.3 is 9.47 Å². The highest BCUT2D eigenvalue weighted by atomic mass is 127. The molecule has 1 fully saturated rings. The molecule has 0 aliphatic carbocycles. The van der Waals surface area contributed by atoms with Crippen molar-refractivity contribution in [2.75, 3.05) is 13.2 Å². The third-order valence-corrected chi connectivity index (χ3v) is 8.29. The Kier molecular flexibility index (Phi) is 9.57. The Morgan fingerprint density at radius 2 is 1.68 bits per heavy atom. The van der Waals surface area contributed by atoms with Crippen LogP contribution in [0.5, 0.6) is 11.5 Å². The largest absolute Gasteiger partial charge is 0.491 e. The van der Waals surface area contributed by atoms with Crippen molar-refractivity contribution in [3.05, 3.63) is 95.0 Å². The van der Waals surface area contributed by atoms with Gasteiger partial charge in [0.05, 0.1) is 18.6 Å². The van der Waals surface area contributed by atoms with Crippen molar-refractivity contribution < 1.29 is 19.1 Å². The molecule has 0 N–H and O–H groups in total. The minimum absolute atomic E-state index is 0.203. The lowest BCUT2D eigenvalue weighted by atomic mass is 10.0. The van der Waals surface area contributed by atoms with Gasteiger partial charge in [-0.15, -0.1) is 0 Å². The van der Waals surface area contributed by atoms with E-state index in [1.807, 2.05) is 55.5 Å². The van der Waals surface area contributed by atoms with Crippen molar-refractivity contribution >= 4 is 74.2 Å². The second kappa shape index (κ2) is 12.7. The summed E-state index contributed by atoms with van der Waals surface area (Å²) in [4.78, 5) is 27.3. The first-order chi connectivity index (χ1) is 17.7. The normalized spacial score (nSPS) is 14.6. The Bertz CT molecular complexity index is 1320. The molecule has 0 aromatic heterocycles. The van der Waals surface area contributed by atoms with Crippen LogP contribution in [0.3, 0.4) is 0 Å². The van der Waals surface area contributed by atoms with Gasteiger partial charge in [0.25, 0.3) is 11.1 Å². The summed E-state index contributed by atoms with van der Waals surface area (Å²) in [6, 6.07) is 20.1. The fraction of sp³-hybridized carbons (Fsp3) is 0.241. The summed E-state index contributed by atoms with van der Waals surface area (Å²) in [7, 11) is 0. The van der Waals surface area contributed by atoms with Crippen LogP contribution in [0.15, 0.2) is 65.6 Å². The van der Waals surface area contributed by atoms with Crippen LogP contribution in [0.25, 0.3) is 6.08 Å². The number of amides is 2. The minimum atomic E-state index is -0.290. The number of ether oxygens (including phenoxy) is 2. The van der Waals surface area contributed by atoms with E-state index in [1.54, 1.807) is 6.08 Å². The van der Waals surface area contributed by atoms with Crippen LogP contribution >= 0.6 is 56.9 Å². The molecule has 37 heavy (non-hydrogen) atoms. The lowest BCUT2D eigenvalue weighted by Crippen LogP contribution is -2.32. The molecular formula is C29H27I2NO4S. The van der Waals surface area contributed by atoms with Gasteiger partial charge in [0.15, 0.2) is 0 Å². The molecule has 1 heterocycles. The molecule has 8 heteroatoms. The van der Waals surface area contributed by atoms with E-state index in [9.17, 15) is 9.59 Å².